The molecule has 0 aliphatic carbocycles. The maximum atomic E-state index is 11.5. The van der Waals surface area contributed by atoms with Crippen molar-refractivity contribution >= 4 is 11.9 Å². The van der Waals surface area contributed by atoms with Crippen LogP contribution in [0.5, 0.6) is 0 Å². The third-order valence-corrected chi connectivity index (χ3v) is 3.98. The van der Waals surface area contributed by atoms with Gasteiger partial charge in [-0.3, -0.25) is 4.79 Å². The maximum absolute atomic E-state index is 11.5. The van der Waals surface area contributed by atoms with Crippen molar-refractivity contribution in [2.75, 3.05) is 6.61 Å². The van der Waals surface area contributed by atoms with Crippen molar-refractivity contribution in [1.82, 2.24) is 0 Å². The summed E-state index contributed by atoms with van der Waals surface area (Å²) in [4.78, 5) is 22.3. The van der Waals surface area contributed by atoms with Gasteiger partial charge in [-0.1, -0.05) is 6.92 Å². The fourth-order valence-electron chi connectivity index (χ4n) is 2.83. The van der Waals surface area contributed by atoms with E-state index >= 15 is 0 Å². The zero-order chi connectivity index (χ0) is 14.2. The molecule has 0 bridgehead atoms. The van der Waals surface area contributed by atoms with Gasteiger partial charge < -0.3 is 25.4 Å². The van der Waals surface area contributed by atoms with Gasteiger partial charge in [0.05, 0.1) is 12.2 Å². The van der Waals surface area contributed by atoms with Crippen LogP contribution in [0.15, 0.2) is 0 Å². The number of hydrogen-bond donors (Lipinski definition) is 3. The molecular weight excluding hydrogens is 254 g/mol. The molecule has 2 heterocycles. The minimum absolute atomic E-state index is 0.151. The fraction of sp³-hybridized carbons (Fsp3) is 0.833. The second kappa shape index (κ2) is 5.07. The number of ether oxygens (including phenoxy) is 2. The number of nitrogens with two attached hydrogens (primary N) is 1. The van der Waals surface area contributed by atoms with Crippen LogP contribution in [0.2, 0.25) is 0 Å². The summed E-state index contributed by atoms with van der Waals surface area (Å²) in [6.07, 6.45) is 0.118. The van der Waals surface area contributed by atoms with Crippen LogP contribution in [0.1, 0.15) is 26.2 Å². The fourth-order valence-corrected chi connectivity index (χ4v) is 2.83. The van der Waals surface area contributed by atoms with Crippen LogP contribution in [0.3, 0.4) is 0 Å². The van der Waals surface area contributed by atoms with Gasteiger partial charge in [0, 0.05) is 19.4 Å². The lowest BCUT2D eigenvalue weighted by atomic mass is 9.88. The first-order chi connectivity index (χ1) is 8.85. The summed E-state index contributed by atoms with van der Waals surface area (Å²) in [7, 11) is 0. The molecule has 4 N–H and O–H groups in total. The van der Waals surface area contributed by atoms with E-state index in [1.54, 1.807) is 0 Å². The van der Waals surface area contributed by atoms with E-state index in [1.807, 2.05) is 6.92 Å². The van der Waals surface area contributed by atoms with Crippen LogP contribution in [0.4, 0.5) is 0 Å². The first-order valence-electron chi connectivity index (χ1n) is 6.37. The zero-order valence-corrected chi connectivity index (χ0v) is 10.7. The molecule has 2 aliphatic heterocycles. The third-order valence-electron chi connectivity index (χ3n) is 3.98. The highest BCUT2D eigenvalue weighted by Gasteiger charge is 2.55. The van der Waals surface area contributed by atoms with Crippen LogP contribution in [0, 0.1) is 5.92 Å². The lowest BCUT2D eigenvalue weighted by Gasteiger charge is -2.31. The Morgan fingerprint density at radius 3 is 2.68 bits per heavy atom. The van der Waals surface area contributed by atoms with Gasteiger partial charge in [-0.2, -0.15) is 0 Å². The number of aliphatic carboxylic acids is 2. The van der Waals surface area contributed by atoms with Gasteiger partial charge in [-0.25, -0.2) is 4.79 Å². The van der Waals surface area contributed by atoms with E-state index in [0.29, 0.717) is 6.61 Å². The maximum Gasteiger partial charge on any atom is 0.336 e. The first kappa shape index (κ1) is 14.2. The Morgan fingerprint density at radius 2 is 2.16 bits per heavy atom. The van der Waals surface area contributed by atoms with Gasteiger partial charge in [0.15, 0.2) is 5.60 Å². The lowest BCUT2D eigenvalue weighted by Crippen LogP contribution is -2.47. The van der Waals surface area contributed by atoms with Crippen LogP contribution >= 0.6 is 0 Å². The normalized spacial score (nSPS) is 39.6. The van der Waals surface area contributed by atoms with Gasteiger partial charge in [-0.05, 0) is 12.3 Å². The van der Waals surface area contributed by atoms with E-state index in [0.717, 1.165) is 6.42 Å². The van der Waals surface area contributed by atoms with Gasteiger partial charge in [-0.15, -0.1) is 0 Å². The average molecular weight is 273 g/mol. The molecule has 7 heteroatoms. The second-order valence-electron chi connectivity index (χ2n) is 5.41. The molecular formula is C12H19NO6. The van der Waals surface area contributed by atoms with Crippen molar-refractivity contribution in [1.29, 1.82) is 0 Å². The third kappa shape index (κ3) is 2.58. The van der Waals surface area contributed by atoms with Crippen molar-refractivity contribution in [3.8, 4) is 0 Å². The Balaban J connectivity index is 2.18. The number of carbonyl (C=O) groups is 2. The predicted octanol–water partition coefficient (Wildman–Crippen LogP) is -0.174. The van der Waals surface area contributed by atoms with E-state index in [4.69, 9.17) is 20.3 Å². The zero-order valence-electron chi connectivity index (χ0n) is 10.7. The monoisotopic (exact) mass is 273 g/mol. The Labute approximate surface area is 110 Å². The Morgan fingerprint density at radius 1 is 1.47 bits per heavy atom. The van der Waals surface area contributed by atoms with Gasteiger partial charge in [0.25, 0.3) is 0 Å². The van der Waals surface area contributed by atoms with Crippen LogP contribution < -0.4 is 5.73 Å². The summed E-state index contributed by atoms with van der Waals surface area (Å²) in [5.74, 6) is -2.21. The summed E-state index contributed by atoms with van der Waals surface area (Å²) in [6.45, 7) is 2.56. The molecule has 0 radical (unpaired) electrons. The van der Waals surface area contributed by atoms with E-state index in [-0.39, 0.29) is 31.0 Å². The molecule has 0 amide bonds. The molecule has 108 valence electrons. The first-order valence-corrected chi connectivity index (χ1v) is 6.37. The van der Waals surface area contributed by atoms with Crippen molar-refractivity contribution in [2.45, 2.75) is 50.0 Å². The highest BCUT2D eigenvalue weighted by atomic mass is 16.6. The SMILES string of the molecule is C[C@@H]1CCOC2C[C@@](CC(N)C(=O)O)(C(=O)O)OC21. The topological polar surface area (TPSA) is 119 Å². The minimum atomic E-state index is -1.55. The average Bonchev–Trinajstić information content (AvgIpc) is 2.70. The Bertz CT molecular complexity index is 386. The molecule has 2 rings (SSSR count). The molecule has 7 nitrogen and oxygen atoms in total. The molecule has 0 spiro atoms. The second-order valence-corrected chi connectivity index (χ2v) is 5.41. The molecule has 0 saturated carbocycles. The summed E-state index contributed by atoms with van der Waals surface area (Å²) in [5, 5.41) is 18.2. The van der Waals surface area contributed by atoms with Crippen LogP contribution in [-0.2, 0) is 19.1 Å². The molecule has 3 unspecified atom stereocenters. The predicted molar refractivity (Wildman–Crippen MR) is 63.6 cm³/mol. The smallest absolute Gasteiger partial charge is 0.336 e. The van der Waals surface area contributed by atoms with E-state index in [2.05, 4.69) is 0 Å². The minimum Gasteiger partial charge on any atom is -0.480 e. The van der Waals surface area contributed by atoms with Crippen LogP contribution in [0.25, 0.3) is 0 Å². The van der Waals surface area contributed by atoms with Gasteiger partial charge in [0.2, 0.25) is 0 Å². The van der Waals surface area contributed by atoms with Gasteiger partial charge >= 0.3 is 11.9 Å². The highest BCUT2D eigenvalue weighted by Crippen LogP contribution is 2.41. The molecule has 0 aromatic heterocycles. The van der Waals surface area contributed by atoms with E-state index in [1.165, 1.54) is 0 Å². The van der Waals surface area contributed by atoms with Crippen LogP contribution in [-0.4, -0.2) is 52.6 Å². The standard InChI is InChI=1S/C12H19NO6/c1-6-2-3-18-8-5-12(11(16)17,19-9(6)8)4-7(13)10(14)15/h6-9H,2-5,13H2,1H3,(H,14,15)(H,16,17)/t6-,7?,8?,9?,12+/m1/s1. The molecule has 2 saturated heterocycles. The molecule has 2 fully saturated rings. The molecule has 5 atom stereocenters. The van der Waals surface area contributed by atoms with E-state index < -0.39 is 23.6 Å². The highest BCUT2D eigenvalue weighted by molar-refractivity contribution is 5.80. The Hall–Kier alpha value is -1.18. The number of hydrogen-bond acceptors (Lipinski definition) is 5. The van der Waals surface area contributed by atoms with Gasteiger partial charge in [0.1, 0.15) is 6.04 Å². The summed E-state index contributed by atoms with van der Waals surface area (Å²) in [5.41, 5.74) is 3.91. The van der Waals surface area contributed by atoms with E-state index in [9.17, 15) is 14.7 Å². The van der Waals surface area contributed by atoms with Crippen molar-refractivity contribution in [3.63, 3.8) is 0 Å². The summed E-state index contributed by atoms with van der Waals surface area (Å²) >= 11 is 0. The molecule has 0 aromatic rings. The summed E-state index contributed by atoms with van der Waals surface area (Å²) < 4.78 is 11.2. The van der Waals surface area contributed by atoms with Crippen molar-refractivity contribution < 1.29 is 29.3 Å². The molecule has 2 aliphatic rings. The largest absolute Gasteiger partial charge is 0.480 e. The Kier molecular flexibility index (Phi) is 3.80. The summed E-state index contributed by atoms with van der Waals surface area (Å²) in [6, 6.07) is -1.26. The number of rotatable bonds is 4. The van der Waals surface area contributed by atoms with Crippen molar-refractivity contribution in [2.24, 2.45) is 11.7 Å². The quantitative estimate of drug-likeness (QED) is 0.650. The van der Waals surface area contributed by atoms with Crippen molar-refractivity contribution in [3.05, 3.63) is 0 Å². The number of carboxylic acid groups (broad SMARTS) is 2. The number of carboxylic acids is 2. The molecule has 19 heavy (non-hydrogen) atoms. The lowest BCUT2D eigenvalue weighted by molar-refractivity contribution is -0.172. The number of fused-ring (bicyclic) bond motifs is 1. The molecule has 0 aromatic carbocycles.